The van der Waals surface area contributed by atoms with Gasteiger partial charge in [0.2, 0.25) is 11.8 Å². The third-order valence-corrected chi connectivity index (χ3v) is 5.91. The second-order valence-electron chi connectivity index (χ2n) is 8.83. The van der Waals surface area contributed by atoms with Gasteiger partial charge in [-0.15, -0.1) is 11.5 Å². The minimum absolute atomic E-state index is 0.0417. The zero-order chi connectivity index (χ0) is 27.4. The summed E-state index contributed by atoms with van der Waals surface area (Å²) in [6.07, 6.45) is 8.85. The summed E-state index contributed by atoms with van der Waals surface area (Å²) < 4.78 is 7.80. The summed E-state index contributed by atoms with van der Waals surface area (Å²) in [6, 6.07) is 19.5. The summed E-state index contributed by atoms with van der Waals surface area (Å²) in [6.45, 7) is 4.27. The van der Waals surface area contributed by atoms with Crippen molar-refractivity contribution in [3.8, 4) is 35.2 Å². The van der Waals surface area contributed by atoms with Gasteiger partial charge in [-0.1, -0.05) is 23.3 Å². The second kappa shape index (κ2) is 10.8. The number of hydrogen-bond donors (Lipinski definition) is 1. The smallest absolute Gasteiger partial charge is 0.269 e. The molecule has 0 aliphatic carbocycles. The van der Waals surface area contributed by atoms with Gasteiger partial charge in [-0.05, 0) is 66.9 Å². The monoisotopic (exact) mass is 517 g/mol. The maximum atomic E-state index is 11.1. The van der Waals surface area contributed by atoms with Crippen LogP contribution in [0.3, 0.4) is 0 Å². The third-order valence-electron chi connectivity index (χ3n) is 5.91. The molecule has 0 atom stereocenters. The van der Waals surface area contributed by atoms with E-state index in [4.69, 9.17) is 11.2 Å². The Morgan fingerprint density at radius 1 is 1.08 bits per heavy atom. The molecule has 0 aliphatic rings. The lowest BCUT2D eigenvalue weighted by atomic mass is 10.0. The first-order valence-electron chi connectivity index (χ1n) is 12.0. The van der Waals surface area contributed by atoms with Gasteiger partial charge >= 0.3 is 0 Å². The van der Waals surface area contributed by atoms with Crippen molar-refractivity contribution in [1.29, 1.82) is 0 Å². The van der Waals surface area contributed by atoms with Crippen LogP contribution in [-0.4, -0.2) is 29.9 Å². The predicted molar refractivity (Wildman–Crippen MR) is 147 cm³/mol. The summed E-state index contributed by atoms with van der Waals surface area (Å²) in [5.41, 5.74) is 5.76. The lowest BCUT2D eigenvalue weighted by Gasteiger charge is -2.13. The van der Waals surface area contributed by atoms with Crippen molar-refractivity contribution >= 4 is 17.3 Å². The number of hydrogen-bond acceptors (Lipinski definition) is 8. The van der Waals surface area contributed by atoms with Crippen LogP contribution < -0.4 is 10.1 Å². The van der Waals surface area contributed by atoms with Gasteiger partial charge in [-0.3, -0.25) is 10.1 Å². The van der Waals surface area contributed by atoms with Crippen molar-refractivity contribution in [1.82, 2.24) is 25.0 Å². The van der Waals surface area contributed by atoms with Gasteiger partial charge in [-0.2, -0.15) is 4.98 Å². The van der Waals surface area contributed by atoms with Crippen LogP contribution in [0.15, 0.2) is 79.1 Å². The molecule has 5 rings (SSSR count). The Morgan fingerprint density at radius 2 is 1.85 bits per heavy atom. The Kier molecular flexibility index (Phi) is 6.96. The summed E-state index contributed by atoms with van der Waals surface area (Å²) in [4.78, 5) is 19.4. The first-order valence-corrected chi connectivity index (χ1v) is 12.0. The maximum Gasteiger partial charge on any atom is 0.269 e. The largest absolute Gasteiger partial charge is 0.438 e. The number of non-ortho nitro benzene ring substituents is 1. The van der Waals surface area contributed by atoms with Crippen LogP contribution >= 0.6 is 0 Å². The van der Waals surface area contributed by atoms with Crippen LogP contribution in [0, 0.1) is 36.3 Å². The summed E-state index contributed by atoms with van der Waals surface area (Å²) in [5, 5.41) is 22.7. The number of aryl methyl sites for hydroxylation is 2. The molecule has 2 heterocycles. The minimum Gasteiger partial charge on any atom is -0.438 e. The van der Waals surface area contributed by atoms with E-state index < -0.39 is 4.92 Å². The zero-order valence-electron chi connectivity index (χ0n) is 21.2. The van der Waals surface area contributed by atoms with Gasteiger partial charge in [0.15, 0.2) is 0 Å². The number of terminal acetylenes is 1. The molecule has 39 heavy (non-hydrogen) atoms. The molecule has 10 heteroatoms. The highest BCUT2D eigenvalue weighted by atomic mass is 16.6. The normalized spacial score (nSPS) is 10.6. The van der Waals surface area contributed by atoms with Crippen LogP contribution in [0.1, 0.15) is 22.3 Å². The Bertz CT molecular complexity index is 1680. The molecule has 0 spiro atoms. The number of nitrogens with zero attached hydrogens (tertiary/aromatic N) is 6. The standard InChI is InChI=1S/C29H23N7O3/c1-4-21-8-10-24(11-9-21)31-29-30-13-12-27(32-29)39-28-19(2)14-23(15-20(28)3)26-18-35(34-33-26)17-22-6-5-7-25(16-22)36(37)38/h1,5-16,18H,17H2,2-3H3,(H,30,31,32). The van der Waals surface area contributed by atoms with E-state index in [-0.39, 0.29) is 5.69 Å². The molecule has 0 saturated heterocycles. The first kappa shape index (κ1) is 25.1. The number of benzene rings is 3. The molecule has 0 fully saturated rings. The van der Waals surface area contributed by atoms with Crippen LogP contribution in [0.25, 0.3) is 11.3 Å². The van der Waals surface area contributed by atoms with E-state index in [2.05, 4.69) is 31.5 Å². The molecular formula is C29H23N7O3. The molecule has 0 amide bonds. The molecule has 0 aliphatic heterocycles. The Balaban J connectivity index is 1.31. The van der Waals surface area contributed by atoms with Gasteiger partial charge < -0.3 is 10.1 Å². The molecule has 192 valence electrons. The highest BCUT2D eigenvalue weighted by molar-refractivity contribution is 5.63. The van der Waals surface area contributed by atoms with Crippen molar-refractivity contribution in [2.24, 2.45) is 0 Å². The van der Waals surface area contributed by atoms with E-state index in [1.54, 1.807) is 23.0 Å². The fourth-order valence-electron chi connectivity index (χ4n) is 4.07. The van der Waals surface area contributed by atoms with Crippen LogP contribution in [0.5, 0.6) is 11.6 Å². The quantitative estimate of drug-likeness (QED) is 0.155. The van der Waals surface area contributed by atoms with E-state index in [9.17, 15) is 10.1 Å². The third kappa shape index (κ3) is 5.89. The number of nitro benzene ring substituents is 1. The molecule has 10 nitrogen and oxygen atoms in total. The van der Waals surface area contributed by atoms with Crippen LogP contribution in [0.2, 0.25) is 0 Å². The Hall–Kier alpha value is -5.56. The highest BCUT2D eigenvalue weighted by Crippen LogP contribution is 2.32. The lowest BCUT2D eigenvalue weighted by Crippen LogP contribution is -2.01. The number of nitro groups is 1. The Labute approximate surface area is 224 Å². The molecular weight excluding hydrogens is 494 g/mol. The first-order chi connectivity index (χ1) is 18.9. The zero-order valence-corrected chi connectivity index (χ0v) is 21.2. The number of ether oxygens (including phenoxy) is 1. The number of nitrogens with one attached hydrogen (secondary N) is 1. The predicted octanol–water partition coefficient (Wildman–Crippen LogP) is 5.83. The van der Waals surface area contributed by atoms with Gasteiger partial charge in [0.05, 0.1) is 17.7 Å². The average Bonchev–Trinajstić information content (AvgIpc) is 3.40. The lowest BCUT2D eigenvalue weighted by molar-refractivity contribution is -0.384. The van der Waals surface area contributed by atoms with E-state index in [1.165, 1.54) is 12.1 Å². The van der Waals surface area contributed by atoms with E-state index >= 15 is 0 Å². The van der Waals surface area contributed by atoms with Gasteiger partial charge in [0.1, 0.15) is 11.4 Å². The molecule has 5 aromatic rings. The van der Waals surface area contributed by atoms with Crippen molar-refractivity contribution in [3.63, 3.8) is 0 Å². The number of aromatic nitrogens is 5. The van der Waals surface area contributed by atoms with Gasteiger partial charge in [0, 0.05) is 41.2 Å². The topological polar surface area (TPSA) is 121 Å². The summed E-state index contributed by atoms with van der Waals surface area (Å²) in [5.74, 6) is 4.07. The fourth-order valence-corrected chi connectivity index (χ4v) is 4.07. The van der Waals surface area contributed by atoms with E-state index in [0.29, 0.717) is 29.8 Å². The molecule has 1 N–H and O–H groups in total. The van der Waals surface area contributed by atoms with E-state index in [0.717, 1.165) is 33.5 Å². The van der Waals surface area contributed by atoms with Crippen molar-refractivity contribution < 1.29 is 9.66 Å². The van der Waals surface area contributed by atoms with Gasteiger partial charge in [0.25, 0.3) is 5.69 Å². The molecule has 0 radical (unpaired) electrons. The summed E-state index contributed by atoms with van der Waals surface area (Å²) >= 11 is 0. The van der Waals surface area contributed by atoms with Crippen molar-refractivity contribution in [3.05, 3.63) is 111 Å². The van der Waals surface area contributed by atoms with Gasteiger partial charge in [-0.25, -0.2) is 9.67 Å². The van der Waals surface area contributed by atoms with Crippen LogP contribution in [0.4, 0.5) is 17.3 Å². The Morgan fingerprint density at radius 3 is 2.56 bits per heavy atom. The summed E-state index contributed by atoms with van der Waals surface area (Å²) in [7, 11) is 0. The number of rotatable bonds is 8. The average molecular weight is 518 g/mol. The second-order valence-corrected chi connectivity index (χ2v) is 8.83. The minimum atomic E-state index is -0.413. The number of anilines is 2. The van der Waals surface area contributed by atoms with Crippen LogP contribution in [-0.2, 0) is 6.54 Å². The molecule has 2 aromatic heterocycles. The van der Waals surface area contributed by atoms with Crippen molar-refractivity contribution in [2.75, 3.05) is 5.32 Å². The maximum absolute atomic E-state index is 11.1. The molecule has 0 saturated carbocycles. The SMILES string of the molecule is C#Cc1ccc(Nc2nccc(Oc3c(C)cc(-c4cn(Cc5cccc([N+](=O)[O-])c5)nn4)cc3C)n2)cc1. The highest BCUT2D eigenvalue weighted by Gasteiger charge is 2.13. The fraction of sp³-hybridized carbons (Fsp3) is 0.103. The van der Waals surface area contributed by atoms with E-state index in [1.807, 2.05) is 62.5 Å². The molecule has 0 bridgehead atoms. The molecule has 3 aromatic carbocycles. The molecule has 0 unspecified atom stereocenters. The van der Waals surface area contributed by atoms with Crippen molar-refractivity contribution in [2.45, 2.75) is 20.4 Å².